The zero-order valence-electron chi connectivity index (χ0n) is 16.3. The standard InChI is InChI=1S/C26H26O/c1-16-5-7-20(11-16)21-8-6-17(2)25(14-21)23-10-9-22-13-24(19(4)27)12-18(3)26(22)15-23/h6-10,12-16,27H,4-5,11H2,1-3H3. The molecular formula is C26H26O. The number of hydrogen-bond acceptors (Lipinski definition) is 1. The molecule has 3 aromatic carbocycles. The van der Waals surface area contributed by atoms with Crippen molar-refractivity contribution in [3.63, 3.8) is 0 Å². The summed E-state index contributed by atoms with van der Waals surface area (Å²) in [7, 11) is 0. The van der Waals surface area contributed by atoms with E-state index in [0.717, 1.165) is 22.4 Å². The van der Waals surface area contributed by atoms with Crippen molar-refractivity contribution in [2.45, 2.75) is 33.6 Å². The van der Waals surface area contributed by atoms with Crippen LogP contribution >= 0.6 is 0 Å². The lowest BCUT2D eigenvalue weighted by atomic mass is 9.92. The first-order valence-electron chi connectivity index (χ1n) is 9.65. The van der Waals surface area contributed by atoms with Crippen molar-refractivity contribution in [2.24, 2.45) is 5.92 Å². The fourth-order valence-electron chi connectivity index (χ4n) is 4.13. The summed E-state index contributed by atoms with van der Waals surface area (Å²) in [4.78, 5) is 0. The van der Waals surface area contributed by atoms with E-state index >= 15 is 0 Å². The summed E-state index contributed by atoms with van der Waals surface area (Å²) in [6.45, 7) is 10.2. The third-order valence-corrected chi connectivity index (χ3v) is 5.75. The summed E-state index contributed by atoms with van der Waals surface area (Å²) in [5.41, 5.74) is 8.60. The molecule has 27 heavy (non-hydrogen) atoms. The largest absolute Gasteiger partial charge is 0.508 e. The van der Waals surface area contributed by atoms with Gasteiger partial charge in [0, 0.05) is 5.56 Å². The van der Waals surface area contributed by atoms with Crippen molar-refractivity contribution in [3.8, 4) is 11.1 Å². The Morgan fingerprint density at radius 3 is 2.44 bits per heavy atom. The van der Waals surface area contributed by atoms with Gasteiger partial charge in [-0.3, -0.25) is 0 Å². The second-order valence-corrected chi connectivity index (χ2v) is 7.98. The molecule has 0 fully saturated rings. The maximum atomic E-state index is 9.73. The maximum absolute atomic E-state index is 9.73. The average Bonchev–Trinajstić information content (AvgIpc) is 3.08. The molecular weight excluding hydrogens is 328 g/mol. The smallest absolute Gasteiger partial charge is 0.115 e. The molecule has 0 aliphatic heterocycles. The molecule has 0 saturated carbocycles. The molecule has 0 aromatic heterocycles. The van der Waals surface area contributed by atoms with Gasteiger partial charge in [0.05, 0.1) is 0 Å². The SMILES string of the molecule is C=C(O)c1cc(C)c2cc(-c3cc(C4=CCC(C)C4)ccc3C)ccc2c1. The van der Waals surface area contributed by atoms with Gasteiger partial charge >= 0.3 is 0 Å². The number of allylic oxidation sites excluding steroid dienone is 2. The van der Waals surface area contributed by atoms with E-state index in [2.05, 4.69) is 69.8 Å². The van der Waals surface area contributed by atoms with Crippen molar-refractivity contribution >= 4 is 22.1 Å². The molecule has 0 saturated heterocycles. The molecule has 1 unspecified atom stereocenters. The van der Waals surface area contributed by atoms with E-state index in [1.165, 1.54) is 46.1 Å². The lowest BCUT2D eigenvalue weighted by Gasteiger charge is -2.13. The van der Waals surface area contributed by atoms with E-state index in [0.29, 0.717) is 0 Å². The molecule has 0 spiro atoms. The monoisotopic (exact) mass is 354 g/mol. The molecule has 1 aliphatic rings. The van der Waals surface area contributed by atoms with Gasteiger partial charge in [-0.1, -0.05) is 43.8 Å². The minimum Gasteiger partial charge on any atom is -0.508 e. The highest BCUT2D eigenvalue weighted by molar-refractivity contribution is 5.92. The zero-order valence-corrected chi connectivity index (χ0v) is 16.3. The molecule has 0 amide bonds. The Morgan fingerprint density at radius 2 is 1.74 bits per heavy atom. The summed E-state index contributed by atoms with van der Waals surface area (Å²) in [5, 5.41) is 12.1. The van der Waals surface area contributed by atoms with Crippen molar-refractivity contribution < 1.29 is 5.11 Å². The molecule has 136 valence electrons. The molecule has 1 nitrogen and oxygen atoms in total. The van der Waals surface area contributed by atoms with Crippen LogP contribution in [0.2, 0.25) is 0 Å². The highest BCUT2D eigenvalue weighted by Gasteiger charge is 2.15. The molecule has 0 heterocycles. The van der Waals surface area contributed by atoms with Crippen molar-refractivity contribution in [1.82, 2.24) is 0 Å². The van der Waals surface area contributed by atoms with Crippen LogP contribution in [-0.2, 0) is 0 Å². The predicted octanol–water partition coefficient (Wildman–Crippen LogP) is 7.47. The summed E-state index contributed by atoms with van der Waals surface area (Å²) in [6.07, 6.45) is 4.76. The minimum atomic E-state index is 0.117. The second-order valence-electron chi connectivity index (χ2n) is 7.98. The summed E-state index contributed by atoms with van der Waals surface area (Å²) >= 11 is 0. The van der Waals surface area contributed by atoms with Gasteiger partial charge in [-0.25, -0.2) is 0 Å². The first kappa shape index (κ1) is 17.6. The van der Waals surface area contributed by atoms with Crippen LogP contribution in [0, 0.1) is 19.8 Å². The number of aryl methyl sites for hydroxylation is 2. The van der Waals surface area contributed by atoms with Crippen LogP contribution in [0.5, 0.6) is 0 Å². The third kappa shape index (κ3) is 3.30. The fraction of sp³-hybridized carbons (Fsp3) is 0.231. The van der Waals surface area contributed by atoms with Crippen LogP contribution in [0.3, 0.4) is 0 Å². The Morgan fingerprint density at radius 1 is 0.963 bits per heavy atom. The zero-order chi connectivity index (χ0) is 19.1. The topological polar surface area (TPSA) is 20.2 Å². The van der Waals surface area contributed by atoms with Crippen LogP contribution in [0.15, 0.2) is 61.2 Å². The summed E-state index contributed by atoms with van der Waals surface area (Å²) in [5.74, 6) is 0.871. The van der Waals surface area contributed by atoms with Gasteiger partial charge < -0.3 is 5.11 Å². The Hall–Kier alpha value is -2.80. The molecule has 1 heteroatoms. The van der Waals surface area contributed by atoms with E-state index in [-0.39, 0.29) is 5.76 Å². The van der Waals surface area contributed by atoms with Gasteiger partial charge in [-0.2, -0.15) is 0 Å². The van der Waals surface area contributed by atoms with Crippen LogP contribution < -0.4 is 0 Å². The molecule has 3 aromatic rings. The highest BCUT2D eigenvalue weighted by atomic mass is 16.3. The summed E-state index contributed by atoms with van der Waals surface area (Å²) < 4.78 is 0. The number of hydrogen-bond donors (Lipinski definition) is 1. The van der Waals surface area contributed by atoms with Crippen molar-refractivity contribution in [1.29, 1.82) is 0 Å². The first-order chi connectivity index (χ1) is 12.9. The Labute approximate surface area is 161 Å². The highest BCUT2D eigenvalue weighted by Crippen LogP contribution is 2.36. The number of aliphatic hydroxyl groups excluding tert-OH is 1. The molecule has 1 aliphatic carbocycles. The minimum absolute atomic E-state index is 0.117. The van der Waals surface area contributed by atoms with E-state index in [1.807, 2.05) is 12.1 Å². The molecule has 0 radical (unpaired) electrons. The van der Waals surface area contributed by atoms with Crippen LogP contribution in [0.1, 0.15) is 42.0 Å². The van der Waals surface area contributed by atoms with Crippen LogP contribution in [-0.4, -0.2) is 5.11 Å². The van der Waals surface area contributed by atoms with E-state index in [9.17, 15) is 5.11 Å². The van der Waals surface area contributed by atoms with Gasteiger partial charge in [0.2, 0.25) is 0 Å². The second kappa shape index (κ2) is 6.74. The van der Waals surface area contributed by atoms with Gasteiger partial charge in [-0.15, -0.1) is 0 Å². The fourth-order valence-corrected chi connectivity index (χ4v) is 4.13. The van der Waals surface area contributed by atoms with Gasteiger partial charge in [0.1, 0.15) is 5.76 Å². The Kier molecular flexibility index (Phi) is 4.39. The summed E-state index contributed by atoms with van der Waals surface area (Å²) in [6, 6.07) is 17.5. The van der Waals surface area contributed by atoms with E-state index < -0.39 is 0 Å². The van der Waals surface area contributed by atoms with Crippen LogP contribution in [0.25, 0.3) is 33.2 Å². The lowest BCUT2D eigenvalue weighted by molar-refractivity contribution is 0.514. The number of benzene rings is 3. The molecule has 0 bridgehead atoms. The predicted molar refractivity (Wildman–Crippen MR) is 117 cm³/mol. The number of aliphatic hydroxyl groups is 1. The van der Waals surface area contributed by atoms with E-state index in [4.69, 9.17) is 0 Å². The number of rotatable bonds is 3. The van der Waals surface area contributed by atoms with Gasteiger partial charge in [-0.05, 0) is 101 Å². The maximum Gasteiger partial charge on any atom is 0.115 e. The Bertz CT molecular complexity index is 1080. The van der Waals surface area contributed by atoms with Gasteiger partial charge in [0.15, 0.2) is 0 Å². The van der Waals surface area contributed by atoms with E-state index in [1.54, 1.807) is 0 Å². The Balaban J connectivity index is 1.81. The normalized spacial score (nSPS) is 16.6. The molecule has 1 N–H and O–H groups in total. The quantitative estimate of drug-likeness (QED) is 0.484. The lowest BCUT2D eigenvalue weighted by Crippen LogP contribution is -1.91. The average molecular weight is 354 g/mol. The van der Waals surface area contributed by atoms with Crippen molar-refractivity contribution in [3.05, 3.63) is 83.4 Å². The molecule has 1 atom stereocenters. The molecule has 4 rings (SSSR count). The number of fused-ring (bicyclic) bond motifs is 1. The van der Waals surface area contributed by atoms with Crippen LogP contribution in [0.4, 0.5) is 0 Å². The third-order valence-electron chi connectivity index (χ3n) is 5.75. The van der Waals surface area contributed by atoms with Gasteiger partial charge in [0.25, 0.3) is 0 Å². The van der Waals surface area contributed by atoms with Crippen molar-refractivity contribution in [2.75, 3.05) is 0 Å². The first-order valence-corrected chi connectivity index (χ1v) is 9.65.